The van der Waals surface area contributed by atoms with Crippen LogP contribution in [0.3, 0.4) is 0 Å². The monoisotopic (exact) mass is 245 g/mol. The van der Waals surface area contributed by atoms with E-state index < -0.39 is 0 Å². The highest BCUT2D eigenvalue weighted by Crippen LogP contribution is 2.26. The molecular weight excluding hydrogens is 234 g/mol. The van der Waals surface area contributed by atoms with Crippen LogP contribution in [-0.4, -0.2) is 28.2 Å². The molecule has 0 bridgehead atoms. The zero-order valence-corrected chi connectivity index (χ0v) is 9.07. The zero-order valence-electron chi connectivity index (χ0n) is 7.48. The Morgan fingerprint density at radius 3 is 3.23 bits per heavy atom. The Morgan fingerprint density at radius 1 is 1.77 bits per heavy atom. The number of alkyl halides is 1. The third kappa shape index (κ3) is 1.76. The number of hydrogen-bond donors (Lipinski definition) is 0. The van der Waals surface area contributed by atoms with Gasteiger partial charge in [0, 0.05) is 6.61 Å². The van der Waals surface area contributed by atoms with Crippen molar-refractivity contribution >= 4 is 15.9 Å². The first kappa shape index (κ1) is 9.15. The molecule has 0 spiro atoms. The molecule has 0 aliphatic carbocycles. The van der Waals surface area contributed by atoms with Crippen LogP contribution in [0.25, 0.3) is 0 Å². The lowest BCUT2D eigenvalue weighted by molar-refractivity contribution is 0.183. The third-order valence-corrected chi connectivity index (χ3v) is 2.73. The lowest BCUT2D eigenvalue weighted by atomic mass is 10.2. The first-order valence-corrected chi connectivity index (χ1v) is 5.32. The molecule has 2 heterocycles. The predicted molar refractivity (Wildman–Crippen MR) is 51.8 cm³/mol. The summed E-state index contributed by atoms with van der Waals surface area (Å²) in [6, 6.07) is 0.373. The van der Waals surface area contributed by atoms with Crippen molar-refractivity contribution in [2.24, 2.45) is 0 Å². The van der Waals surface area contributed by atoms with Crippen molar-refractivity contribution in [1.29, 1.82) is 0 Å². The first-order valence-electron chi connectivity index (χ1n) is 4.41. The van der Waals surface area contributed by atoms with Crippen LogP contribution in [0.1, 0.15) is 29.9 Å². The van der Waals surface area contributed by atoms with Gasteiger partial charge in [0.15, 0.2) is 0 Å². The van der Waals surface area contributed by atoms with Gasteiger partial charge in [0.05, 0.1) is 29.4 Å². The molecule has 1 aliphatic rings. The molecule has 1 aromatic heterocycles. The summed E-state index contributed by atoms with van der Waals surface area (Å²) in [6.07, 6.45) is 2.84. The minimum absolute atomic E-state index is 0.295. The van der Waals surface area contributed by atoms with Crippen molar-refractivity contribution < 1.29 is 4.74 Å². The summed E-state index contributed by atoms with van der Waals surface area (Å²) in [4.78, 5) is 0.295. The van der Waals surface area contributed by atoms with Gasteiger partial charge in [-0.1, -0.05) is 21.1 Å². The second-order valence-corrected chi connectivity index (χ2v) is 4.61. The fraction of sp³-hybridized carbons (Fsp3) is 0.750. The van der Waals surface area contributed by atoms with Crippen LogP contribution in [0.2, 0.25) is 0 Å². The topological polar surface area (TPSA) is 39.9 Å². The molecule has 2 atom stereocenters. The lowest BCUT2D eigenvalue weighted by Crippen LogP contribution is -2.13. The Morgan fingerprint density at radius 2 is 2.62 bits per heavy atom. The van der Waals surface area contributed by atoms with Crippen LogP contribution in [0.4, 0.5) is 0 Å². The molecule has 0 aromatic carbocycles. The van der Waals surface area contributed by atoms with E-state index in [-0.39, 0.29) is 0 Å². The number of ether oxygens (including phenoxy) is 1. The Kier molecular flexibility index (Phi) is 2.64. The number of nitrogens with zero attached hydrogens (tertiary/aromatic N) is 3. The normalized spacial score (nSPS) is 24.9. The molecule has 0 radical (unpaired) electrons. The summed E-state index contributed by atoms with van der Waals surface area (Å²) < 4.78 is 7.28. The standard InChI is InChI=1S/C8H12BrN3O/c1-6(9)8-4-10-11-12(8)7-2-3-13-5-7/h4,6-7H,2-3,5H2,1H3. The second kappa shape index (κ2) is 3.75. The van der Waals surface area contributed by atoms with Crippen molar-refractivity contribution in [2.45, 2.75) is 24.2 Å². The van der Waals surface area contributed by atoms with Crippen molar-refractivity contribution in [2.75, 3.05) is 13.2 Å². The van der Waals surface area contributed by atoms with E-state index in [2.05, 4.69) is 33.2 Å². The molecule has 2 rings (SSSR count). The van der Waals surface area contributed by atoms with Gasteiger partial charge in [0.2, 0.25) is 0 Å². The summed E-state index contributed by atoms with van der Waals surface area (Å²) in [5.41, 5.74) is 1.12. The van der Waals surface area contributed by atoms with Crippen LogP contribution in [0.5, 0.6) is 0 Å². The molecule has 2 unspecified atom stereocenters. The van der Waals surface area contributed by atoms with E-state index >= 15 is 0 Å². The average molecular weight is 246 g/mol. The quantitative estimate of drug-likeness (QED) is 0.745. The van der Waals surface area contributed by atoms with Gasteiger partial charge in [-0.15, -0.1) is 5.10 Å². The highest BCUT2D eigenvalue weighted by Gasteiger charge is 2.22. The minimum Gasteiger partial charge on any atom is -0.379 e. The molecule has 1 aromatic rings. The minimum atomic E-state index is 0.295. The van der Waals surface area contributed by atoms with Crippen LogP contribution >= 0.6 is 15.9 Å². The number of rotatable bonds is 2. The number of aromatic nitrogens is 3. The predicted octanol–water partition coefficient (Wildman–Crippen LogP) is 1.70. The van der Waals surface area contributed by atoms with Crippen molar-refractivity contribution in [3.8, 4) is 0 Å². The fourth-order valence-corrected chi connectivity index (χ4v) is 1.86. The van der Waals surface area contributed by atoms with E-state index in [1.165, 1.54) is 0 Å². The summed E-state index contributed by atoms with van der Waals surface area (Å²) in [5, 5.41) is 7.99. The fourth-order valence-electron chi connectivity index (χ4n) is 1.54. The number of hydrogen-bond acceptors (Lipinski definition) is 3. The Balaban J connectivity index is 2.23. The maximum atomic E-state index is 5.31. The summed E-state index contributed by atoms with van der Waals surface area (Å²) in [7, 11) is 0. The highest BCUT2D eigenvalue weighted by molar-refractivity contribution is 9.09. The molecule has 0 N–H and O–H groups in total. The van der Waals surface area contributed by atoms with Gasteiger partial charge in [0.25, 0.3) is 0 Å². The molecule has 72 valence electrons. The maximum Gasteiger partial charge on any atom is 0.0795 e. The average Bonchev–Trinajstić information content (AvgIpc) is 2.74. The molecule has 1 aliphatic heterocycles. The molecular formula is C8H12BrN3O. The SMILES string of the molecule is CC(Br)c1cnnn1C1CCOC1. The lowest BCUT2D eigenvalue weighted by Gasteiger charge is -2.12. The summed E-state index contributed by atoms with van der Waals surface area (Å²) in [6.45, 7) is 3.67. The van der Waals surface area contributed by atoms with Crippen molar-refractivity contribution in [3.63, 3.8) is 0 Å². The van der Waals surface area contributed by atoms with Crippen LogP contribution in [0, 0.1) is 0 Å². The molecule has 13 heavy (non-hydrogen) atoms. The van der Waals surface area contributed by atoms with Gasteiger partial charge in [-0.3, -0.25) is 0 Å². The molecule has 4 nitrogen and oxygen atoms in total. The van der Waals surface area contributed by atoms with E-state index in [4.69, 9.17) is 4.74 Å². The van der Waals surface area contributed by atoms with Crippen molar-refractivity contribution in [3.05, 3.63) is 11.9 Å². The Bertz CT molecular complexity index is 281. The zero-order chi connectivity index (χ0) is 9.26. The maximum absolute atomic E-state index is 5.31. The molecule has 0 saturated carbocycles. The van der Waals surface area contributed by atoms with Gasteiger partial charge in [0.1, 0.15) is 0 Å². The van der Waals surface area contributed by atoms with Crippen LogP contribution in [0.15, 0.2) is 6.20 Å². The highest BCUT2D eigenvalue weighted by atomic mass is 79.9. The van der Waals surface area contributed by atoms with E-state index in [1.807, 2.05) is 4.68 Å². The van der Waals surface area contributed by atoms with Crippen LogP contribution < -0.4 is 0 Å². The Hall–Kier alpha value is -0.420. The van der Waals surface area contributed by atoms with Crippen LogP contribution in [-0.2, 0) is 4.74 Å². The summed E-state index contributed by atoms with van der Waals surface area (Å²) in [5.74, 6) is 0. The second-order valence-electron chi connectivity index (χ2n) is 3.24. The molecule has 0 amide bonds. The van der Waals surface area contributed by atoms with Gasteiger partial charge in [-0.05, 0) is 13.3 Å². The van der Waals surface area contributed by atoms with E-state index in [0.29, 0.717) is 10.9 Å². The van der Waals surface area contributed by atoms with E-state index in [9.17, 15) is 0 Å². The van der Waals surface area contributed by atoms with Gasteiger partial charge < -0.3 is 4.74 Å². The van der Waals surface area contributed by atoms with E-state index in [1.54, 1.807) is 6.20 Å². The molecule has 1 saturated heterocycles. The molecule has 1 fully saturated rings. The van der Waals surface area contributed by atoms with Crippen molar-refractivity contribution in [1.82, 2.24) is 15.0 Å². The van der Waals surface area contributed by atoms with Gasteiger partial charge in [-0.25, -0.2) is 4.68 Å². The Labute approximate surface area is 85.4 Å². The third-order valence-electron chi connectivity index (χ3n) is 2.26. The van der Waals surface area contributed by atoms with Gasteiger partial charge >= 0.3 is 0 Å². The summed E-state index contributed by atoms with van der Waals surface area (Å²) >= 11 is 3.52. The largest absolute Gasteiger partial charge is 0.379 e. The smallest absolute Gasteiger partial charge is 0.0795 e. The number of halogens is 1. The van der Waals surface area contributed by atoms with Gasteiger partial charge in [-0.2, -0.15) is 0 Å². The van der Waals surface area contributed by atoms with E-state index in [0.717, 1.165) is 25.3 Å². The first-order chi connectivity index (χ1) is 6.29. The molecule has 5 heteroatoms.